The van der Waals surface area contributed by atoms with Gasteiger partial charge >= 0.3 is 0 Å². The highest BCUT2D eigenvalue weighted by atomic mass is 16.5. The van der Waals surface area contributed by atoms with Crippen LogP contribution in [0, 0.1) is 13.8 Å². The maximum atomic E-state index is 12.0. The molecule has 1 amide bonds. The van der Waals surface area contributed by atoms with Crippen molar-refractivity contribution < 1.29 is 14.3 Å². The van der Waals surface area contributed by atoms with Crippen LogP contribution in [0.25, 0.3) is 0 Å². The Morgan fingerprint density at radius 3 is 2.95 bits per heavy atom. The van der Waals surface area contributed by atoms with Gasteiger partial charge in [0, 0.05) is 38.1 Å². The second-order valence-corrected chi connectivity index (χ2v) is 5.86. The molecular weight excluding hydrogens is 282 g/mol. The van der Waals surface area contributed by atoms with Gasteiger partial charge in [0.05, 0.1) is 24.8 Å². The van der Waals surface area contributed by atoms with Gasteiger partial charge in [0.2, 0.25) is 5.91 Å². The number of aryl methyl sites for hydroxylation is 2. The molecule has 22 heavy (non-hydrogen) atoms. The number of carbonyl (C=O) groups excluding carboxylic acids is 1. The minimum Gasteiger partial charge on any atom is -0.379 e. The lowest BCUT2D eigenvalue weighted by Crippen LogP contribution is -2.27. The van der Waals surface area contributed by atoms with E-state index in [4.69, 9.17) is 9.47 Å². The zero-order valence-corrected chi connectivity index (χ0v) is 13.9. The van der Waals surface area contributed by atoms with Crippen molar-refractivity contribution in [2.24, 2.45) is 7.05 Å². The molecule has 0 bridgehead atoms. The van der Waals surface area contributed by atoms with Gasteiger partial charge in [-0.05, 0) is 33.1 Å². The smallest absolute Gasteiger partial charge is 0.224 e. The van der Waals surface area contributed by atoms with E-state index in [0.29, 0.717) is 26.2 Å². The zero-order chi connectivity index (χ0) is 15.9. The number of aromatic nitrogens is 2. The third-order valence-electron chi connectivity index (χ3n) is 4.11. The van der Waals surface area contributed by atoms with Gasteiger partial charge in [-0.3, -0.25) is 9.48 Å². The van der Waals surface area contributed by atoms with Crippen LogP contribution in [0.2, 0.25) is 0 Å². The van der Waals surface area contributed by atoms with Gasteiger partial charge in [0.1, 0.15) is 0 Å². The molecule has 1 aliphatic heterocycles. The van der Waals surface area contributed by atoms with Gasteiger partial charge in [-0.25, -0.2) is 0 Å². The van der Waals surface area contributed by atoms with E-state index in [1.807, 2.05) is 25.6 Å². The van der Waals surface area contributed by atoms with Crippen molar-refractivity contribution in [2.45, 2.75) is 45.6 Å². The van der Waals surface area contributed by atoms with Crippen LogP contribution in [0.5, 0.6) is 0 Å². The van der Waals surface area contributed by atoms with E-state index in [2.05, 4.69) is 10.4 Å². The van der Waals surface area contributed by atoms with Crippen LogP contribution in [0.15, 0.2) is 0 Å². The summed E-state index contributed by atoms with van der Waals surface area (Å²) >= 11 is 0. The Kier molecular flexibility index (Phi) is 6.39. The van der Waals surface area contributed by atoms with Crippen LogP contribution in [0.4, 0.5) is 0 Å². The minimum atomic E-state index is 0.0401. The van der Waals surface area contributed by atoms with Crippen molar-refractivity contribution in [1.29, 1.82) is 0 Å². The molecule has 1 saturated heterocycles. The summed E-state index contributed by atoms with van der Waals surface area (Å²) in [5.41, 5.74) is 3.00. The summed E-state index contributed by atoms with van der Waals surface area (Å²) in [6, 6.07) is 0. The van der Waals surface area contributed by atoms with E-state index in [9.17, 15) is 4.79 Å². The van der Waals surface area contributed by atoms with Gasteiger partial charge in [-0.1, -0.05) is 0 Å². The van der Waals surface area contributed by atoms with Crippen LogP contribution in [0.3, 0.4) is 0 Å². The Morgan fingerprint density at radius 2 is 2.32 bits per heavy atom. The maximum absolute atomic E-state index is 12.0. The number of ether oxygens (including phenoxy) is 2. The standard InChI is InChI=1S/C16H27N3O3/c1-12-15(13(2)19(3)18-12)10-16(20)17-7-5-8-21-11-14-6-4-9-22-14/h14H,4-11H2,1-3H3,(H,17,20). The number of rotatable bonds is 8. The molecule has 2 rings (SSSR count). The molecule has 6 heteroatoms. The number of carbonyl (C=O) groups is 1. The molecule has 0 radical (unpaired) electrons. The lowest BCUT2D eigenvalue weighted by atomic mass is 10.1. The average molecular weight is 309 g/mol. The highest BCUT2D eigenvalue weighted by Gasteiger charge is 2.15. The fourth-order valence-electron chi connectivity index (χ4n) is 2.69. The monoisotopic (exact) mass is 309 g/mol. The average Bonchev–Trinajstić information content (AvgIpc) is 3.07. The molecule has 1 aromatic rings. The first kappa shape index (κ1) is 17.0. The SMILES string of the molecule is Cc1nn(C)c(C)c1CC(=O)NCCCOCC1CCCO1. The summed E-state index contributed by atoms with van der Waals surface area (Å²) in [7, 11) is 1.90. The van der Waals surface area contributed by atoms with E-state index < -0.39 is 0 Å². The highest BCUT2D eigenvalue weighted by molar-refractivity contribution is 5.79. The van der Waals surface area contributed by atoms with Gasteiger partial charge in [-0.15, -0.1) is 0 Å². The molecule has 1 N–H and O–H groups in total. The van der Waals surface area contributed by atoms with Crippen LogP contribution >= 0.6 is 0 Å². The van der Waals surface area contributed by atoms with Crippen LogP contribution in [-0.2, 0) is 27.7 Å². The predicted molar refractivity (Wildman–Crippen MR) is 83.8 cm³/mol. The number of hydrogen-bond donors (Lipinski definition) is 1. The Hall–Kier alpha value is -1.40. The van der Waals surface area contributed by atoms with E-state index in [0.717, 1.165) is 42.8 Å². The van der Waals surface area contributed by atoms with Crippen LogP contribution in [0.1, 0.15) is 36.2 Å². The fourth-order valence-corrected chi connectivity index (χ4v) is 2.69. The van der Waals surface area contributed by atoms with E-state index in [1.54, 1.807) is 0 Å². The molecule has 1 aromatic heterocycles. The van der Waals surface area contributed by atoms with E-state index in [-0.39, 0.29) is 12.0 Å². The third-order valence-corrected chi connectivity index (χ3v) is 4.11. The van der Waals surface area contributed by atoms with Crippen LogP contribution < -0.4 is 5.32 Å². The third kappa shape index (κ3) is 4.81. The first-order valence-corrected chi connectivity index (χ1v) is 8.03. The molecule has 1 fully saturated rings. The lowest BCUT2D eigenvalue weighted by molar-refractivity contribution is -0.120. The summed E-state index contributed by atoms with van der Waals surface area (Å²) in [5, 5.41) is 7.26. The molecule has 1 aliphatic rings. The fraction of sp³-hybridized carbons (Fsp3) is 0.750. The van der Waals surface area contributed by atoms with Crippen molar-refractivity contribution in [3.8, 4) is 0 Å². The topological polar surface area (TPSA) is 65.4 Å². The molecule has 0 spiro atoms. The van der Waals surface area contributed by atoms with Crippen molar-refractivity contribution >= 4 is 5.91 Å². The van der Waals surface area contributed by atoms with Gasteiger partial charge in [0.25, 0.3) is 0 Å². The molecule has 6 nitrogen and oxygen atoms in total. The van der Waals surface area contributed by atoms with Gasteiger partial charge < -0.3 is 14.8 Å². The van der Waals surface area contributed by atoms with E-state index >= 15 is 0 Å². The normalized spacial score (nSPS) is 17.9. The molecule has 124 valence electrons. The number of nitrogens with zero attached hydrogens (tertiary/aromatic N) is 2. The summed E-state index contributed by atoms with van der Waals surface area (Å²) in [6.07, 6.45) is 3.72. The summed E-state index contributed by atoms with van der Waals surface area (Å²) in [5.74, 6) is 0.0401. The first-order valence-electron chi connectivity index (χ1n) is 8.03. The molecule has 0 aromatic carbocycles. The second-order valence-electron chi connectivity index (χ2n) is 5.86. The molecule has 1 atom stereocenters. The maximum Gasteiger partial charge on any atom is 0.224 e. The van der Waals surface area contributed by atoms with Gasteiger partial charge in [-0.2, -0.15) is 5.10 Å². The number of hydrogen-bond acceptors (Lipinski definition) is 4. The minimum absolute atomic E-state index is 0.0401. The largest absolute Gasteiger partial charge is 0.379 e. The van der Waals surface area contributed by atoms with Crippen molar-refractivity contribution in [1.82, 2.24) is 15.1 Å². The van der Waals surface area contributed by atoms with Gasteiger partial charge in [0.15, 0.2) is 0 Å². The lowest BCUT2D eigenvalue weighted by Gasteiger charge is -2.10. The molecule has 0 saturated carbocycles. The number of nitrogens with one attached hydrogen (secondary N) is 1. The highest BCUT2D eigenvalue weighted by Crippen LogP contribution is 2.13. The Labute approximate surface area is 132 Å². The summed E-state index contributed by atoms with van der Waals surface area (Å²) < 4.78 is 12.9. The van der Waals surface area contributed by atoms with Crippen molar-refractivity contribution in [3.63, 3.8) is 0 Å². The Bertz CT molecular complexity index is 493. The summed E-state index contributed by atoms with van der Waals surface area (Å²) in [6.45, 7) is 6.75. The van der Waals surface area contributed by atoms with Crippen LogP contribution in [-0.4, -0.2) is 48.2 Å². The molecule has 2 heterocycles. The Morgan fingerprint density at radius 1 is 1.50 bits per heavy atom. The van der Waals surface area contributed by atoms with E-state index in [1.165, 1.54) is 0 Å². The quantitative estimate of drug-likeness (QED) is 0.735. The molecular formula is C16H27N3O3. The summed E-state index contributed by atoms with van der Waals surface area (Å²) in [4.78, 5) is 12.0. The second kappa shape index (κ2) is 8.29. The van der Waals surface area contributed by atoms with Crippen molar-refractivity contribution in [3.05, 3.63) is 17.0 Å². The Balaban J connectivity index is 1.57. The first-order chi connectivity index (χ1) is 10.6. The predicted octanol–water partition coefficient (Wildman–Crippen LogP) is 1.28. The van der Waals surface area contributed by atoms with Crippen molar-refractivity contribution in [2.75, 3.05) is 26.4 Å². The molecule has 0 aliphatic carbocycles. The molecule has 1 unspecified atom stereocenters. The zero-order valence-electron chi connectivity index (χ0n) is 13.9. The number of amides is 1.